The van der Waals surface area contributed by atoms with Gasteiger partial charge in [-0.05, 0) is 25.8 Å². The van der Waals surface area contributed by atoms with Crippen LogP contribution in [0.2, 0.25) is 0 Å². The molecule has 0 amide bonds. The zero-order chi connectivity index (χ0) is 10.5. The summed E-state index contributed by atoms with van der Waals surface area (Å²) in [5, 5.41) is 0. The molecular weight excluding hydrogens is 182 g/mol. The molecule has 14 heavy (non-hydrogen) atoms. The molecule has 2 N–H and O–H groups in total. The molecule has 4 heteroatoms. The predicted molar refractivity (Wildman–Crippen MR) is 56.4 cm³/mol. The Bertz CT molecular complexity index is 89.4. The summed E-state index contributed by atoms with van der Waals surface area (Å²) in [6.07, 6.45) is 3.05. The molecule has 0 saturated carbocycles. The quantitative estimate of drug-likeness (QED) is 0.507. The smallest absolute Gasteiger partial charge is 0.0700 e. The van der Waals surface area contributed by atoms with Crippen LogP contribution in [0.15, 0.2) is 0 Å². The normalized spacial score (nSPS) is 10.7. The highest BCUT2D eigenvalue weighted by Crippen LogP contribution is 1.90. The fourth-order valence-electron chi connectivity index (χ4n) is 0.958. The van der Waals surface area contributed by atoms with Crippen molar-refractivity contribution in [1.29, 1.82) is 0 Å². The zero-order valence-electron chi connectivity index (χ0n) is 9.17. The molecule has 86 valence electrons. The maximum Gasteiger partial charge on any atom is 0.0700 e. The summed E-state index contributed by atoms with van der Waals surface area (Å²) in [4.78, 5) is 0. The lowest BCUT2D eigenvalue weighted by Crippen LogP contribution is -2.06. The summed E-state index contributed by atoms with van der Waals surface area (Å²) >= 11 is 0. The highest BCUT2D eigenvalue weighted by molar-refractivity contribution is 4.40. The molecule has 0 atom stereocenters. The van der Waals surface area contributed by atoms with Crippen LogP contribution in [0.3, 0.4) is 0 Å². The minimum atomic E-state index is 0.664. The molecule has 0 aromatic heterocycles. The number of nitrogens with two attached hydrogens (primary N) is 1. The van der Waals surface area contributed by atoms with E-state index in [1.807, 2.05) is 0 Å². The molecule has 0 radical (unpaired) electrons. The molecular formula is C10H23NO3. The van der Waals surface area contributed by atoms with Crippen molar-refractivity contribution < 1.29 is 14.2 Å². The largest absolute Gasteiger partial charge is 0.382 e. The highest BCUT2D eigenvalue weighted by Gasteiger charge is 1.90. The Morgan fingerprint density at radius 2 is 1.43 bits per heavy atom. The van der Waals surface area contributed by atoms with Gasteiger partial charge in [0.2, 0.25) is 0 Å². The van der Waals surface area contributed by atoms with E-state index in [-0.39, 0.29) is 0 Å². The summed E-state index contributed by atoms with van der Waals surface area (Å²) in [5.74, 6) is 0. The number of rotatable bonds is 11. The number of methoxy groups -OCH3 is 1. The molecule has 0 bridgehead atoms. The van der Waals surface area contributed by atoms with Gasteiger partial charge in [-0.15, -0.1) is 0 Å². The van der Waals surface area contributed by atoms with Crippen LogP contribution in [0, 0.1) is 0 Å². The Balaban J connectivity index is 2.78. The number of hydrogen-bond acceptors (Lipinski definition) is 4. The van der Waals surface area contributed by atoms with Crippen molar-refractivity contribution in [3.05, 3.63) is 0 Å². The van der Waals surface area contributed by atoms with E-state index >= 15 is 0 Å². The zero-order valence-corrected chi connectivity index (χ0v) is 9.17. The molecule has 0 spiro atoms. The minimum Gasteiger partial charge on any atom is -0.382 e. The first-order chi connectivity index (χ1) is 6.91. The van der Waals surface area contributed by atoms with Crippen LogP contribution < -0.4 is 5.73 Å². The Hall–Kier alpha value is -0.160. The van der Waals surface area contributed by atoms with Gasteiger partial charge in [0.05, 0.1) is 13.2 Å². The van der Waals surface area contributed by atoms with Crippen molar-refractivity contribution >= 4 is 0 Å². The lowest BCUT2D eigenvalue weighted by Gasteiger charge is -2.04. The molecule has 0 aromatic carbocycles. The predicted octanol–water partition coefficient (Wildman–Crippen LogP) is 0.795. The molecule has 4 nitrogen and oxygen atoms in total. The molecule has 0 rings (SSSR count). The van der Waals surface area contributed by atoms with Gasteiger partial charge in [0.25, 0.3) is 0 Å². The lowest BCUT2D eigenvalue weighted by atomic mass is 10.3. The van der Waals surface area contributed by atoms with Crippen molar-refractivity contribution in [3.63, 3.8) is 0 Å². The van der Waals surface area contributed by atoms with Crippen molar-refractivity contribution in [3.8, 4) is 0 Å². The second-order valence-electron chi connectivity index (χ2n) is 3.07. The highest BCUT2D eigenvalue weighted by atomic mass is 16.5. The minimum absolute atomic E-state index is 0.664. The van der Waals surface area contributed by atoms with E-state index in [0.717, 1.165) is 45.6 Å². The van der Waals surface area contributed by atoms with Crippen LogP contribution in [-0.4, -0.2) is 46.7 Å². The van der Waals surface area contributed by atoms with Crippen LogP contribution in [0.1, 0.15) is 19.3 Å². The monoisotopic (exact) mass is 205 g/mol. The van der Waals surface area contributed by atoms with Crippen molar-refractivity contribution in [2.45, 2.75) is 19.3 Å². The SMILES string of the molecule is COCCOCCCOCCCCN. The standard InChI is InChI=1S/C10H23NO3/c1-12-9-10-14-8-4-7-13-6-3-2-5-11/h2-11H2,1H3. The molecule has 0 fully saturated rings. The molecule has 0 heterocycles. The Labute approximate surface area is 86.7 Å². The van der Waals surface area contributed by atoms with Crippen LogP contribution in [0.4, 0.5) is 0 Å². The summed E-state index contributed by atoms with van der Waals surface area (Å²) < 4.78 is 15.5. The average molecular weight is 205 g/mol. The van der Waals surface area contributed by atoms with E-state index in [2.05, 4.69) is 0 Å². The Morgan fingerprint density at radius 1 is 0.786 bits per heavy atom. The van der Waals surface area contributed by atoms with Crippen LogP contribution >= 0.6 is 0 Å². The van der Waals surface area contributed by atoms with Gasteiger partial charge in [0.1, 0.15) is 0 Å². The average Bonchev–Trinajstić information content (AvgIpc) is 2.21. The van der Waals surface area contributed by atoms with Crippen LogP contribution in [0.25, 0.3) is 0 Å². The summed E-state index contributed by atoms with van der Waals surface area (Å²) in [7, 11) is 1.67. The van der Waals surface area contributed by atoms with Gasteiger partial charge in [0.15, 0.2) is 0 Å². The molecule has 0 unspecified atom stereocenters. The Kier molecular flexibility index (Phi) is 12.7. The van der Waals surface area contributed by atoms with Crippen LogP contribution in [0.5, 0.6) is 0 Å². The topological polar surface area (TPSA) is 53.7 Å². The van der Waals surface area contributed by atoms with Gasteiger partial charge >= 0.3 is 0 Å². The van der Waals surface area contributed by atoms with E-state index in [1.165, 1.54) is 0 Å². The molecule has 0 aliphatic carbocycles. The van der Waals surface area contributed by atoms with Gasteiger partial charge in [0, 0.05) is 26.9 Å². The summed E-state index contributed by atoms with van der Waals surface area (Å²) in [5.41, 5.74) is 5.35. The van der Waals surface area contributed by atoms with Crippen LogP contribution in [-0.2, 0) is 14.2 Å². The van der Waals surface area contributed by atoms with E-state index in [1.54, 1.807) is 7.11 Å². The van der Waals surface area contributed by atoms with Gasteiger partial charge in [-0.25, -0.2) is 0 Å². The lowest BCUT2D eigenvalue weighted by molar-refractivity contribution is 0.0509. The van der Waals surface area contributed by atoms with Gasteiger partial charge in [-0.3, -0.25) is 0 Å². The van der Waals surface area contributed by atoms with Crippen molar-refractivity contribution in [1.82, 2.24) is 0 Å². The molecule has 0 aliphatic heterocycles. The van der Waals surface area contributed by atoms with E-state index in [4.69, 9.17) is 19.9 Å². The molecule has 0 saturated heterocycles. The van der Waals surface area contributed by atoms with E-state index < -0.39 is 0 Å². The first-order valence-corrected chi connectivity index (χ1v) is 5.26. The van der Waals surface area contributed by atoms with Crippen molar-refractivity contribution in [2.24, 2.45) is 5.73 Å². The third-order valence-electron chi connectivity index (χ3n) is 1.75. The van der Waals surface area contributed by atoms with Gasteiger partial charge in [-0.2, -0.15) is 0 Å². The third kappa shape index (κ3) is 11.8. The van der Waals surface area contributed by atoms with E-state index in [0.29, 0.717) is 13.2 Å². The van der Waals surface area contributed by atoms with E-state index in [9.17, 15) is 0 Å². The fraction of sp³-hybridized carbons (Fsp3) is 1.00. The fourth-order valence-corrected chi connectivity index (χ4v) is 0.958. The maximum absolute atomic E-state index is 5.38. The maximum atomic E-state index is 5.38. The third-order valence-corrected chi connectivity index (χ3v) is 1.75. The molecule has 0 aliphatic rings. The second-order valence-corrected chi connectivity index (χ2v) is 3.07. The molecule has 0 aromatic rings. The Morgan fingerprint density at radius 3 is 2.07 bits per heavy atom. The number of ether oxygens (including phenoxy) is 3. The first-order valence-electron chi connectivity index (χ1n) is 5.26. The second kappa shape index (κ2) is 12.8. The summed E-state index contributed by atoms with van der Waals surface area (Å²) in [6.45, 7) is 4.43. The van der Waals surface area contributed by atoms with Gasteiger partial charge in [-0.1, -0.05) is 0 Å². The number of hydrogen-bond donors (Lipinski definition) is 1. The first kappa shape index (κ1) is 13.8. The number of unbranched alkanes of at least 4 members (excludes halogenated alkanes) is 1. The van der Waals surface area contributed by atoms with Crippen molar-refractivity contribution in [2.75, 3.05) is 46.7 Å². The summed E-state index contributed by atoms with van der Waals surface area (Å²) in [6, 6.07) is 0. The van der Waals surface area contributed by atoms with Gasteiger partial charge < -0.3 is 19.9 Å².